The molecule has 9 heteroatoms. The molecule has 0 aliphatic heterocycles. The van der Waals surface area contributed by atoms with Crippen molar-refractivity contribution < 1.29 is 23.1 Å². The number of hydrogen-bond acceptors (Lipinski definition) is 5. The predicted molar refractivity (Wildman–Crippen MR) is 109 cm³/mol. The minimum atomic E-state index is -2.97. The molecule has 7 nitrogen and oxygen atoms in total. The second-order valence-electron chi connectivity index (χ2n) is 7.52. The lowest BCUT2D eigenvalue weighted by molar-refractivity contribution is -0.118. The average molecular weight is 420 g/mol. The van der Waals surface area contributed by atoms with Crippen molar-refractivity contribution in [1.29, 1.82) is 0 Å². The van der Waals surface area contributed by atoms with E-state index in [1.165, 1.54) is 12.3 Å². The Balaban J connectivity index is 2.05. The van der Waals surface area contributed by atoms with Crippen molar-refractivity contribution in [2.75, 3.05) is 11.9 Å². The Labute approximate surface area is 174 Å². The fourth-order valence-electron chi connectivity index (χ4n) is 2.45. The Hall–Kier alpha value is -3.10. The van der Waals surface area contributed by atoms with Crippen LogP contribution in [0.25, 0.3) is 0 Å². The molecule has 0 fully saturated rings. The molecule has 1 unspecified atom stereocenters. The molecule has 0 bridgehead atoms. The van der Waals surface area contributed by atoms with Crippen molar-refractivity contribution in [2.45, 2.75) is 46.6 Å². The Bertz CT molecular complexity index is 913. The van der Waals surface area contributed by atoms with Crippen molar-refractivity contribution >= 4 is 17.6 Å². The zero-order valence-electron chi connectivity index (χ0n) is 17.6. The van der Waals surface area contributed by atoms with Gasteiger partial charge < -0.3 is 15.4 Å². The minimum Gasteiger partial charge on any atom is -0.471 e. The van der Waals surface area contributed by atoms with Gasteiger partial charge in [0.2, 0.25) is 11.8 Å². The molecule has 2 N–H and O–H groups in total. The van der Waals surface area contributed by atoms with Gasteiger partial charge in [-0.05, 0) is 37.6 Å². The van der Waals surface area contributed by atoms with Crippen LogP contribution in [-0.2, 0) is 4.79 Å². The largest absolute Gasteiger partial charge is 0.471 e. The van der Waals surface area contributed by atoms with E-state index in [-0.39, 0.29) is 35.2 Å². The highest BCUT2D eigenvalue weighted by atomic mass is 19.3. The van der Waals surface area contributed by atoms with Crippen molar-refractivity contribution in [3.8, 4) is 5.88 Å². The number of alkyl halides is 2. The summed E-state index contributed by atoms with van der Waals surface area (Å²) >= 11 is 0. The molecule has 162 valence electrons. The summed E-state index contributed by atoms with van der Waals surface area (Å²) in [6.45, 7) is 6.95. The number of aryl methyl sites for hydroxylation is 1. The van der Waals surface area contributed by atoms with E-state index in [1.807, 2.05) is 0 Å². The molecular formula is C21H26F2N4O3. The first kappa shape index (κ1) is 23.2. The highest BCUT2D eigenvalue weighted by molar-refractivity contribution is 5.94. The summed E-state index contributed by atoms with van der Waals surface area (Å²) in [5.41, 5.74) is 1.51. The van der Waals surface area contributed by atoms with E-state index in [4.69, 9.17) is 4.74 Å². The molecule has 2 aromatic rings. The highest BCUT2D eigenvalue weighted by Gasteiger charge is 2.23. The summed E-state index contributed by atoms with van der Waals surface area (Å²) in [5, 5.41) is 5.56. The molecule has 0 radical (unpaired) electrons. The van der Waals surface area contributed by atoms with Gasteiger partial charge >= 0.3 is 0 Å². The topological polar surface area (TPSA) is 93.2 Å². The first-order valence-electron chi connectivity index (χ1n) is 9.51. The molecule has 30 heavy (non-hydrogen) atoms. The third-order valence-electron chi connectivity index (χ3n) is 4.16. The lowest BCUT2D eigenvalue weighted by Gasteiger charge is -2.16. The Kier molecular flexibility index (Phi) is 7.42. The van der Waals surface area contributed by atoms with Crippen molar-refractivity contribution in [1.82, 2.24) is 15.3 Å². The quantitative estimate of drug-likeness (QED) is 0.676. The molecule has 0 saturated carbocycles. The van der Waals surface area contributed by atoms with Gasteiger partial charge in [0.1, 0.15) is 5.82 Å². The molecule has 1 atom stereocenters. The number of carbonyl (C=O) groups excluding carboxylic acids is 2. The summed E-state index contributed by atoms with van der Waals surface area (Å²) in [6.07, 6.45) is 2.83. The Morgan fingerprint density at radius 2 is 1.90 bits per heavy atom. The van der Waals surface area contributed by atoms with Crippen LogP contribution in [0.3, 0.4) is 0 Å². The lowest BCUT2D eigenvalue weighted by Crippen LogP contribution is -2.27. The SMILES string of the molecule is Cc1cc(C(=O)NC(C)c2ccnc(NC(=O)C(C)C)c2)cnc1OCC(C)(F)F. The van der Waals surface area contributed by atoms with Crippen LogP contribution in [0.1, 0.15) is 55.2 Å². The first-order chi connectivity index (χ1) is 14.0. The number of amides is 2. The van der Waals surface area contributed by atoms with Gasteiger partial charge in [-0.25, -0.2) is 18.7 Å². The van der Waals surface area contributed by atoms with Gasteiger partial charge in [0.25, 0.3) is 11.8 Å². The summed E-state index contributed by atoms with van der Waals surface area (Å²) in [7, 11) is 0. The van der Waals surface area contributed by atoms with Crippen LogP contribution in [0.15, 0.2) is 30.6 Å². The molecule has 0 aliphatic carbocycles. The number of pyridine rings is 2. The van der Waals surface area contributed by atoms with Gasteiger partial charge in [-0.15, -0.1) is 0 Å². The van der Waals surface area contributed by atoms with E-state index in [0.717, 1.165) is 12.5 Å². The fourth-order valence-corrected chi connectivity index (χ4v) is 2.45. The summed E-state index contributed by atoms with van der Waals surface area (Å²) in [4.78, 5) is 32.5. The minimum absolute atomic E-state index is 0.0563. The number of nitrogens with one attached hydrogen (secondary N) is 2. The van der Waals surface area contributed by atoms with E-state index in [1.54, 1.807) is 46.0 Å². The molecule has 0 aromatic carbocycles. The van der Waals surface area contributed by atoms with Crippen LogP contribution in [0.4, 0.5) is 14.6 Å². The summed E-state index contributed by atoms with van der Waals surface area (Å²) < 4.78 is 30.9. The Morgan fingerprint density at radius 1 is 1.20 bits per heavy atom. The lowest BCUT2D eigenvalue weighted by atomic mass is 10.1. The van der Waals surface area contributed by atoms with Crippen molar-refractivity contribution in [3.63, 3.8) is 0 Å². The third kappa shape index (κ3) is 6.75. The van der Waals surface area contributed by atoms with Gasteiger partial charge in [-0.2, -0.15) is 0 Å². The molecule has 2 amide bonds. The number of aromatic nitrogens is 2. The maximum Gasteiger partial charge on any atom is 0.278 e. The van der Waals surface area contributed by atoms with Gasteiger partial charge in [0.15, 0.2) is 6.61 Å². The first-order valence-corrected chi connectivity index (χ1v) is 9.51. The number of halogens is 2. The van der Waals surface area contributed by atoms with Crippen LogP contribution >= 0.6 is 0 Å². The zero-order chi connectivity index (χ0) is 22.5. The number of hydrogen-bond donors (Lipinski definition) is 2. The van der Waals surface area contributed by atoms with Gasteiger partial charge in [-0.3, -0.25) is 9.59 Å². The van der Waals surface area contributed by atoms with Crippen LogP contribution in [0.5, 0.6) is 5.88 Å². The normalized spacial score (nSPS) is 12.4. The van der Waals surface area contributed by atoms with Crippen LogP contribution in [0, 0.1) is 12.8 Å². The number of nitrogens with zero attached hydrogens (tertiary/aromatic N) is 2. The molecule has 0 saturated heterocycles. The van der Waals surface area contributed by atoms with Gasteiger partial charge in [-0.1, -0.05) is 13.8 Å². The smallest absolute Gasteiger partial charge is 0.278 e. The summed E-state index contributed by atoms with van der Waals surface area (Å²) in [5.74, 6) is -3.23. The molecule has 0 spiro atoms. The van der Waals surface area contributed by atoms with Crippen LogP contribution in [0.2, 0.25) is 0 Å². The number of anilines is 1. The second kappa shape index (κ2) is 9.60. The maximum atomic E-state index is 12.9. The van der Waals surface area contributed by atoms with Gasteiger partial charge in [0.05, 0.1) is 11.6 Å². The summed E-state index contributed by atoms with van der Waals surface area (Å²) in [6, 6.07) is 4.59. The molecule has 2 rings (SSSR count). The number of rotatable bonds is 8. The standard InChI is InChI=1S/C21H26F2N4O3/c1-12(2)18(28)27-17-9-15(6-7-24-17)14(4)26-19(29)16-8-13(3)20(25-10-16)30-11-21(5,22)23/h6-10,12,14H,11H2,1-5H3,(H,26,29)(H,24,27,28). The average Bonchev–Trinajstić information content (AvgIpc) is 2.66. The maximum absolute atomic E-state index is 12.9. The van der Waals surface area contributed by atoms with Crippen molar-refractivity contribution in [2.24, 2.45) is 5.92 Å². The van der Waals surface area contributed by atoms with Crippen molar-refractivity contribution in [3.05, 3.63) is 47.3 Å². The zero-order valence-corrected chi connectivity index (χ0v) is 17.6. The monoisotopic (exact) mass is 420 g/mol. The predicted octanol–water partition coefficient (Wildman–Crippen LogP) is 3.90. The molecule has 0 aliphatic rings. The highest BCUT2D eigenvalue weighted by Crippen LogP contribution is 2.20. The van der Waals surface area contributed by atoms with E-state index >= 15 is 0 Å². The fraction of sp³-hybridized carbons (Fsp3) is 0.429. The van der Waals surface area contributed by atoms with Gasteiger partial charge in [0, 0.05) is 30.8 Å². The number of carbonyl (C=O) groups is 2. The Morgan fingerprint density at radius 3 is 2.50 bits per heavy atom. The van der Waals surface area contributed by atoms with Crippen LogP contribution in [-0.4, -0.2) is 34.3 Å². The second-order valence-corrected chi connectivity index (χ2v) is 7.52. The number of ether oxygens (including phenoxy) is 1. The van der Waals surface area contributed by atoms with E-state index in [2.05, 4.69) is 20.6 Å². The molecular weight excluding hydrogens is 394 g/mol. The van der Waals surface area contributed by atoms with E-state index in [9.17, 15) is 18.4 Å². The molecule has 2 heterocycles. The third-order valence-corrected chi connectivity index (χ3v) is 4.16. The van der Waals surface area contributed by atoms with E-state index in [0.29, 0.717) is 11.4 Å². The van der Waals surface area contributed by atoms with Crippen LogP contribution < -0.4 is 15.4 Å². The van der Waals surface area contributed by atoms with E-state index < -0.39 is 12.5 Å². The molecule has 2 aromatic heterocycles.